The van der Waals surface area contributed by atoms with E-state index < -0.39 is 0 Å². The highest BCUT2D eigenvalue weighted by Gasteiger charge is 2.25. The quantitative estimate of drug-likeness (QED) is 0.666. The van der Waals surface area contributed by atoms with Gasteiger partial charge in [0.05, 0.1) is 13.4 Å². The van der Waals surface area contributed by atoms with Crippen LogP contribution in [-0.2, 0) is 6.42 Å². The molecule has 1 aliphatic heterocycles. The minimum Gasteiger partial charge on any atom is -0.493 e. The molecule has 2 aromatic heterocycles. The molecule has 1 N–H and O–H groups in total. The van der Waals surface area contributed by atoms with Gasteiger partial charge in [0.2, 0.25) is 0 Å². The van der Waals surface area contributed by atoms with Crippen LogP contribution in [0, 0.1) is 5.82 Å². The summed E-state index contributed by atoms with van der Waals surface area (Å²) in [5.41, 5.74) is 1.81. The first kappa shape index (κ1) is 20.4. The van der Waals surface area contributed by atoms with E-state index in [-0.39, 0.29) is 18.2 Å². The fourth-order valence-electron chi connectivity index (χ4n) is 3.83. The van der Waals surface area contributed by atoms with E-state index >= 15 is 0 Å². The summed E-state index contributed by atoms with van der Waals surface area (Å²) in [5.74, 6) is 1.48. The Morgan fingerprint density at radius 3 is 3.11 bits per heavy atom. The Labute approximate surface area is 170 Å². The topological polar surface area (TPSA) is 50.5 Å². The molecule has 0 saturated carbocycles. The van der Waals surface area contributed by atoms with Crippen molar-refractivity contribution in [3.63, 3.8) is 0 Å². The first-order chi connectivity index (χ1) is 13.3. The monoisotopic (exact) mass is 405 g/mol. The van der Waals surface area contributed by atoms with Crippen LogP contribution in [0.4, 0.5) is 10.2 Å². The van der Waals surface area contributed by atoms with Crippen molar-refractivity contribution >= 4 is 29.2 Å². The molecule has 1 fully saturated rings. The largest absolute Gasteiger partial charge is 0.493 e. The maximum Gasteiger partial charge on any atom is 0.171 e. The molecule has 0 amide bonds. The molecule has 1 aliphatic rings. The molecule has 0 bridgehead atoms. The third-order valence-electron chi connectivity index (χ3n) is 5.19. The van der Waals surface area contributed by atoms with Crippen LogP contribution in [0.5, 0.6) is 5.75 Å². The average Bonchev–Trinajstić information content (AvgIpc) is 3.10. The van der Waals surface area contributed by atoms with E-state index in [1.165, 1.54) is 6.07 Å². The number of ether oxygens (including phenoxy) is 1. The second-order valence-electron chi connectivity index (χ2n) is 6.87. The lowest BCUT2D eigenvalue weighted by atomic mass is 10.0. The lowest BCUT2D eigenvalue weighted by molar-refractivity contribution is 0.398. The number of fused-ring (bicyclic) bond motifs is 1. The minimum absolute atomic E-state index is 0. The molecule has 150 valence electrons. The smallest absolute Gasteiger partial charge is 0.171 e. The third-order valence-corrected chi connectivity index (χ3v) is 5.19. The van der Waals surface area contributed by atoms with Gasteiger partial charge in [-0.3, -0.25) is 0 Å². The second kappa shape index (κ2) is 9.26. The van der Waals surface area contributed by atoms with E-state index in [0.29, 0.717) is 6.04 Å². The van der Waals surface area contributed by atoms with E-state index in [0.717, 1.165) is 67.0 Å². The van der Waals surface area contributed by atoms with Crippen LogP contribution in [0.25, 0.3) is 11.0 Å². The molecule has 0 spiro atoms. The SMILES string of the molecule is COc1cccnc1N1CCNCC1CCCc1coc2ccc(F)cc12.Cl. The number of hydrogen-bond donors (Lipinski definition) is 1. The summed E-state index contributed by atoms with van der Waals surface area (Å²) in [5, 5.41) is 4.35. The fraction of sp³-hybridized carbons (Fsp3) is 0.381. The average molecular weight is 406 g/mol. The summed E-state index contributed by atoms with van der Waals surface area (Å²) in [6, 6.07) is 8.87. The van der Waals surface area contributed by atoms with Gasteiger partial charge < -0.3 is 19.4 Å². The number of piperazine rings is 1. The summed E-state index contributed by atoms with van der Waals surface area (Å²) in [4.78, 5) is 6.88. The zero-order valence-corrected chi connectivity index (χ0v) is 16.7. The predicted molar refractivity (Wildman–Crippen MR) is 111 cm³/mol. The van der Waals surface area contributed by atoms with Crippen molar-refractivity contribution < 1.29 is 13.5 Å². The van der Waals surface area contributed by atoms with Gasteiger partial charge in [0.25, 0.3) is 0 Å². The predicted octanol–water partition coefficient (Wildman–Crippen LogP) is 4.20. The van der Waals surface area contributed by atoms with Crippen LogP contribution in [0.2, 0.25) is 0 Å². The molecule has 7 heteroatoms. The van der Waals surface area contributed by atoms with Gasteiger partial charge in [0, 0.05) is 37.3 Å². The van der Waals surface area contributed by atoms with Crippen LogP contribution >= 0.6 is 12.4 Å². The van der Waals surface area contributed by atoms with Crippen molar-refractivity contribution in [3.8, 4) is 5.75 Å². The Morgan fingerprint density at radius 2 is 2.25 bits per heavy atom. The minimum atomic E-state index is -0.227. The Morgan fingerprint density at radius 1 is 1.36 bits per heavy atom. The van der Waals surface area contributed by atoms with E-state index in [1.807, 2.05) is 18.3 Å². The van der Waals surface area contributed by atoms with Gasteiger partial charge in [0.15, 0.2) is 11.6 Å². The molecule has 1 aromatic carbocycles. The molecular weight excluding hydrogens is 381 g/mol. The number of pyridine rings is 1. The van der Waals surface area contributed by atoms with E-state index in [2.05, 4.69) is 15.2 Å². The Hall–Kier alpha value is -2.31. The van der Waals surface area contributed by atoms with Crippen LogP contribution in [0.15, 0.2) is 47.2 Å². The number of nitrogens with zero attached hydrogens (tertiary/aromatic N) is 2. The Balaban J connectivity index is 0.00000225. The van der Waals surface area contributed by atoms with Gasteiger partial charge in [-0.2, -0.15) is 0 Å². The first-order valence-corrected chi connectivity index (χ1v) is 9.38. The maximum absolute atomic E-state index is 13.5. The molecule has 0 radical (unpaired) electrons. The van der Waals surface area contributed by atoms with Crippen LogP contribution in [-0.4, -0.2) is 37.8 Å². The van der Waals surface area contributed by atoms with Crippen molar-refractivity contribution in [2.24, 2.45) is 0 Å². The van der Waals surface area contributed by atoms with Crippen LogP contribution < -0.4 is 15.0 Å². The number of anilines is 1. The van der Waals surface area contributed by atoms with Crippen molar-refractivity contribution in [1.29, 1.82) is 0 Å². The summed E-state index contributed by atoms with van der Waals surface area (Å²) in [6.07, 6.45) is 6.42. The summed E-state index contributed by atoms with van der Waals surface area (Å²) in [7, 11) is 1.68. The maximum atomic E-state index is 13.5. The summed E-state index contributed by atoms with van der Waals surface area (Å²) < 4.78 is 24.6. The number of methoxy groups -OCH3 is 1. The van der Waals surface area contributed by atoms with E-state index in [1.54, 1.807) is 25.5 Å². The number of hydrogen-bond acceptors (Lipinski definition) is 5. The number of nitrogens with one attached hydrogen (secondary N) is 1. The van der Waals surface area contributed by atoms with Gasteiger partial charge in [-0.05, 0) is 55.2 Å². The van der Waals surface area contributed by atoms with Gasteiger partial charge in [-0.15, -0.1) is 12.4 Å². The van der Waals surface area contributed by atoms with Crippen LogP contribution in [0.3, 0.4) is 0 Å². The van der Waals surface area contributed by atoms with E-state index in [4.69, 9.17) is 9.15 Å². The highest BCUT2D eigenvalue weighted by atomic mass is 35.5. The Bertz CT molecular complexity index is 918. The van der Waals surface area contributed by atoms with Gasteiger partial charge >= 0.3 is 0 Å². The molecule has 5 nitrogen and oxygen atoms in total. The lowest BCUT2D eigenvalue weighted by Gasteiger charge is -2.37. The summed E-state index contributed by atoms with van der Waals surface area (Å²) in [6.45, 7) is 2.75. The molecular formula is C21H25ClFN3O2. The number of halogens is 2. The van der Waals surface area contributed by atoms with Gasteiger partial charge in [-0.25, -0.2) is 9.37 Å². The molecule has 28 heavy (non-hydrogen) atoms. The van der Waals surface area contributed by atoms with Gasteiger partial charge in [0.1, 0.15) is 11.4 Å². The number of benzene rings is 1. The molecule has 1 atom stereocenters. The lowest BCUT2D eigenvalue weighted by Crippen LogP contribution is -2.51. The first-order valence-electron chi connectivity index (χ1n) is 9.38. The van der Waals surface area contributed by atoms with E-state index in [9.17, 15) is 4.39 Å². The molecule has 3 aromatic rings. The zero-order chi connectivity index (χ0) is 18.6. The van der Waals surface area contributed by atoms with Crippen molar-refractivity contribution in [2.75, 3.05) is 31.6 Å². The standard InChI is InChI=1S/C21H24FN3O2.ClH/c1-26-20-6-3-9-24-21(20)25-11-10-23-13-17(25)5-2-4-15-14-27-19-8-7-16(22)12-18(15)19;/h3,6-9,12,14,17,23H,2,4-5,10-11,13H2,1H3;1H. The number of rotatable bonds is 6. The van der Waals surface area contributed by atoms with Crippen molar-refractivity contribution in [3.05, 3.63) is 54.2 Å². The molecule has 1 saturated heterocycles. The highest BCUT2D eigenvalue weighted by molar-refractivity contribution is 5.85. The van der Waals surface area contributed by atoms with Crippen LogP contribution in [0.1, 0.15) is 18.4 Å². The Kier molecular flexibility index (Phi) is 6.75. The second-order valence-corrected chi connectivity index (χ2v) is 6.87. The number of aromatic nitrogens is 1. The molecule has 0 aliphatic carbocycles. The van der Waals surface area contributed by atoms with Gasteiger partial charge in [-0.1, -0.05) is 0 Å². The van der Waals surface area contributed by atoms with Crippen molar-refractivity contribution in [2.45, 2.75) is 25.3 Å². The molecule has 4 rings (SSSR count). The summed E-state index contributed by atoms with van der Waals surface area (Å²) >= 11 is 0. The van der Waals surface area contributed by atoms with Crippen molar-refractivity contribution in [1.82, 2.24) is 10.3 Å². The number of furan rings is 1. The normalized spacial score (nSPS) is 16.8. The zero-order valence-electron chi connectivity index (χ0n) is 15.9. The highest BCUT2D eigenvalue weighted by Crippen LogP contribution is 2.29. The third kappa shape index (κ3) is 4.23. The molecule has 1 unspecified atom stereocenters. The molecule has 3 heterocycles. The number of aryl methyl sites for hydroxylation is 1. The fourth-order valence-corrected chi connectivity index (χ4v) is 3.83.